The Bertz CT molecular complexity index is 223. The monoisotopic (exact) mass is 270 g/mol. The van der Waals surface area contributed by atoms with Crippen molar-refractivity contribution in [3.05, 3.63) is 0 Å². The van der Waals surface area contributed by atoms with Crippen LogP contribution in [0.3, 0.4) is 0 Å². The van der Waals surface area contributed by atoms with E-state index in [1.807, 2.05) is 11.8 Å². The van der Waals surface area contributed by atoms with E-state index in [0.29, 0.717) is 0 Å². The smallest absolute Gasteiger partial charge is 0.0223 e. The van der Waals surface area contributed by atoms with E-state index in [1.54, 1.807) is 0 Å². The third-order valence-corrected chi connectivity index (χ3v) is 5.16. The molecule has 2 rings (SSSR count). The minimum atomic E-state index is 0.882. The third kappa shape index (κ3) is 4.75. The first kappa shape index (κ1) is 14.7. The summed E-state index contributed by atoms with van der Waals surface area (Å²) in [4.78, 5) is 5.51. The molecule has 0 aromatic heterocycles. The van der Waals surface area contributed by atoms with Crippen molar-refractivity contribution in [2.24, 2.45) is 0 Å². The maximum Gasteiger partial charge on any atom is 0.0223 e. The number of piperidine rings is 1. The quantitative estimate of drug-likeness (QED) is 0.685. The van der Waals surface area contributed by atoms with Crippen LogP contribution in [0.4, 0.5) is 0 Å². The van der Waals surface area contributed by atoms with E-state index in [0.717, 1.165) is 6.04 Å². The number of hydrogen-bond donors (Lipinski definition) is 0. The van der Waals surface area contributed by atoms with Gasteiger partial charge in [-0.3, -0.25) is 4.90 Å². The Morgan fingerprint density at radius 2 is 1.89 bits per heavy atom. The molecule has 0 spiro atoms. The molecular formula is C15H30N2S. The van der Waals surface area contributed by atoms with Gasteiger partial charge in [-0.15, -0.1) is 0 Å². The fourth-order valence-corrected chi connectivity index (χ4v) is 3.90. The summed E-state index contributed by atoms with van der Waals surface area (Å²) in [5, 5.41) is 0. The van der Waals surface area contributed by atoms with Crippen molar-refractivity contribution in [3.8, 4) is 0 Å². The number of fused-ring (bicyclic) bond motifs is 1. The molecular weight excluding hydrogens is 240 g/mol. The molecule has 0 N–H and O–H groups in total. The zero-order chi connectivity index (χ0) is 12.6. The van der Waals surface area contributed by atoms with Gasteiger partial charge < -0.3 is 4.90 Å². The van der Waals surface area contributed by atoms with Gasteiger partial charge in [0.15, 0.2) is 0 Å². The van der Waals surface area contributed by atoms with Gasteiger partial charge in [-0.2, -0.15) is 11.8 Å². The number of unbranched alkanes of at least 4 members (excludes halogenated alkanes) is 2. The van der Waals surface area contributed by atoms with Crippen molar-refractivity contribution in [2.45, 2.75) is 51.0 Å². The lowest BCUT2D eigenvalue weighted by molar-refractivity contribution is 0.136. The zero-order valence-electron chi connectivity index (χ0n) is 12.1. The van der Waals surface area contributed by atoms with Crippen LogP contribution in [-0.4, -0.2) is 60.6 Å². The molecule has 0 amide bonds. The molecule has 2 aliphatic heterocycles. The van der Waals surface area contributed by atoms with Crippen molar-refractivity contribution in [1.82, 2.24) is 9.80 Å². The van der Waals surface area contributed by atoms with E-state index in [4.69, 9.17) is 0 Å². The topological polar surface area (TPSA) is 6.48 Å². The van der Waals surface area contributed by atoms with Gasteiger partial charge in [0.1, 0.15) is 0 Å². The summed E-state index contributed by atoms with van der Waals surface area (Å²) in [6.07, 6.45) is 12.2. The minimum Gasteiger partial charge on any atom is -0.302 e. The second-order valence-corrected chi connectivity index (χ2v) is 6.88. The molecule has 0 aromatic carbocycles. The highest BCUT2D eigenvalue weighted by molar-refractivity contribution is 7.98. The highest BCUT2D eigenvalue weighted by Crippen LogP contribution is 2.21. The van der Waals surface area contributed by atoms with Gasteiger partial charge in [0.25, 0.3) is 0 Å². The van der Waals surface area contributed by atoms with E-state index < -0.39 is 0 Å². The summed E-state index contributed by atoms with van der Waals surface area (Å²) in [7, 11) is 0. The molecule has 106 valence electrons. The molecule has 2 fully saturated rings. The average Bonchev–Trinajstić information content (AvgIpc) is 2.60. The molecule has 18 heavy (non-hydrogen) atoms. The Labute approximate surface area is 117 Å². The molecule has 0 bridgehead atoms. The van der Waals surface area contributed by atoms with Crippen LogP contribution in [0.5, 0.6) is 0 Å². The van der Waals surface area contributed by atoms with Gasteiger partial charge in [-0.1, -0.05) is 12.8 Å². The molecule has 2 nitrogen and oxygen atoms in total. The molecule has 0 radical (unpaired) electrons. The fraction of sp³-hybridized carbons (Fsp3) is 1.00. The summed E-state index contributed by atoms with van der Waals surface area (Å²) in [6, 6.07) is 0.882. The van der Waals surface area contributed by atoms with Crippen molar-refractivity contribution >= 4 is 11.8 Å². The van der Waals surface area contributed by atoms with Crippen LogP contribution < -0.4 is 0 Å². The molecule has 1 atom stereocenters. The predicted molar refractivity (Wildman–Crippen MR) is 82.5 cm³/mol. The number of hydrogen-bond acceptors (Lipinski definition) is 3. The Balaban J connectivity index is 1.66. The highest BCUT2D eigenvalue weighted by Gasteiger charge is 2.26. The first-order valence-corrected chi connectivity index (χ1v) is 9.25. The van der Waals surface area contributed by atoms with Crippen LogP contribution in [0.2, 0.25) is 0 Å². The van der Waals surface area contributed by atoms with Crippen molar-refractivity contribution < 1.29 is 0 Å². The number of nitrogens with zero attached hydrogens (tertiary/aromatic N) is 2. The van der Waals surface area contributed by atoms with Crippen LogP contribution in [0.1, 0.15) is 44.9 Å². The van der Waals surface area contributed by atoms with Gasteiger partial charge in [0.05, 0.1) is 0 Å². The summed E-state index contributed by atoms with van der Waals surface area (Å²) >= 11 is 1.99. The number of rotatable bonds is 6. The Morgan fingerprint density at radius 1 is 1.00 bits per heavy atom. The molecule has 2 saturated heterocycles. The maximum absolute atomic E-state index is 2.76. The van der Waals surface area contributed by atoms with Crippen LogP contribution in [0, 0.1) is 0 Å². The van der Waals surface area contributed by atoms with Gasteiger partial charge >= 0.3 is 0 Å². The molecule has 3 heteroatoms. The summed E-state index contributed by atoms with van der Waals surface area (Å²) in [6.45, 7) is 6.76. The molecule has 1 unspecified atom stereocenters. The second kappa shape index (κ2) is 8.44. The summed E-state index contributed by atoms with van der Waals surface area (Å²) in [5.74, 6) is 1.34. The van der Waals surface area contributed by atoms with Crippen LogP contribution in [-0.2, 0) is 0 Å². The van der Waals surface area contributed by atoms with Crippen molar-refractivity contribution in [1.29, 1.82) is 0 Å². The predicted octanol–water partition coefficient (Wildman–Crippen LogP) is 3.08. The van der Waals surface area contributed by atoms with E-state index >= 15 is 0 Å². The fourth-order valence-electron chi connectivity index (χ4n) is 3.41. The lowest BCUT2D eigenvalue weighted by Gasteiger charge is -2.35. The summed E-state index contributed by atoms with van der Waals surface area (Å²) in [5.41, 5.74) is 0. The van der Waals surface area contributed by atoms with Gasteiger partial charge in [-0.05, 0) is 70.3 Å². The SMILES string of the molecule is CSCCCCCN1CCCN2CCCCC2C1. The van der Waals surface area contributed by atoms with Crippen molar-refractivity contribution in [3.63, 3.8) is 0 Å². The molecule has 0 aromatic rings. The maximum atomic E-state index is 2.76. The second-order valence-electron chi connectivity index (χ2n) is 5.89. The van der Waals surface area contributed by atoms with E-state index in [2.05, 4.69) is 16.1 Å². The normalized spacial score (nSPS) is 26.8. The highest BCUT2D eigenvalue weighted by atomic mass is 32.2. The third-order valence-electron chi connectivity index (χ3n) is 4.46. The first-order valence-electron chi connectivity index (χ1n) is 7.85. The van der Waals surface area contributed by atoms with Gasteiger partial charge in [-0.25, -0.2) is 0 Å². The van der Waals surface area contributed by atoms with Crippen LogP contribution in [0.25, 0.3) is 0 Å². The zero-order valence-corrected chi connectivity index (χ0v) is 12.9. The van der Waals surface area contributed by atoms with E-state index in [9.17, 15) is 0 Å². The van der Waals surface area contributed by atoms with E-state index in [1.165, 1.54) is 83.4 Å². The molecule has 0 aliphatic carbocycles. The molecule has 2 heterocycles. The number of thioether (sulfide) groups is 1. The standard InChI is InChI=1S/C15H30N2S/c1-18-13-6-2-4-9-16-10-7-12-17-11-5-3-8-15(17)14-16/h15H,2-14H2,1H3. The van der Waals surface area contributed by atoms with Crippen LogP contribution in [0.15, 0.2) is 0 Å². The van der Waals surface area contributed by atoms with Crippen molar-refractivity contribution in [2.75, 3.05) is 44.7 Å². The Hall–Kier alpha value is 0.270. The first-order chi connectivity index (χ1) is 8.90. The Kier molecular flexibility index (Phi) is 6.88. The molecule has 0 saturated carbocycles. The average molecular weight is 270 g/mol. The van der Waals surface area contributed by atoms with Crippen LogP contribution >= 0.6 is 11.8 Å². The largest absolute Gasteiger partial charge is 0.302 e. The summed E-state index contributed by atoms with van der Waals surface area (Å²) < 4.78 is 0. The lowest BCUT2D eigenvalue weighted by atomic mass is 10.0. The minimum absolute atomic E-state index is 0.882. The molecule has 2 aliphatic rings. The van der Waals surface area contributed by atoms with E-state index in [-0.39, 0.29) is 0 Å². The Morgan fingerprint density at radius 3 is 2.78 bits per heavy atom. The van der Waals surface area contributed by atoms with Gasteiger partial charge in [0, 0.05) is 12.6 Å². The van der Waals surface area contributed by atoms with Gasteiger partial charge in [0.2, 0.25) is 0 Å². The lowest BCUT2D eigenvalue weighted by Crippen LogP contribution is -2.44.